The van der Waals surface area contributed by atoms with Crippen molar-refractivity contribution in [3.8, 4) is 0 Å². The normalized spacial score (nSPS) is 19.7. The number of carbonyl (C=O) groups is 1. The van der Waals surface area contributed by atoms with Gasteiger partial charge in [-0.25, -0.2) is 0 Å². The number of amides is 1. The lowest BCUT2D eigenvalue weighted by molar-refractivity contribution is -0.137. The molecule has 1 amide bonds. The largest absolute Gasteiger partial charge is 0.416 e. The molecule has 23 heavy (non-hydrogen) atoms. The Morgan fingerprint density at radius 3 is 2.57 bits per heavy atom. The van der Waals surface area contributed by atoms with Crippen molar-refractivity contribution in [2.24, 2.45) is 5.92 Å². The van der Waals surface area contributed by atoms with Crippen LogP contribution in [0.5, 0.6) is 0 Å². The molecule has 1 N–H and O–H groups in total. The molecule has 2 aliphatic carbocycles. The van der Waals surface area contributed by atoms with Crippen LogP contribution in [-0.4, -0.2) is 29.4 Å². The van der Waals surface area contributed by atoms with Gasteiger partial charge in [-0.2, -0.15) is 13.2 Å². The third-order valence-corrected chi connectivity index (χ3v) is 4.64. The Kier molecular flexibility index (Phi) is 4.36. The molecule has 0 saturated heterocycles. The summed E-state index contributed by atoms with van der Waals surface area (Å²) in [6.07, 6.45) is 0.225. The van der Waals surface area contributed by atoms with Crippen LogP contribution in [0.1, 0.15) is 38.2 Å². The molecule has 1 aromatic carbocycles. The Bertz CT molecular complexity index is 579. The first-order valence-electron chi connectivity index (χ1n) is 8.07. The third kappa shape index (κ3) is 4.25. The summed E-state index contributed by atoms with van der Waals surface area (Å²) in [6, 6.07) is 5.60. The standard InChI is InChI=1S/C17H21F3N2O/c1-11(12-5-6-12)22(15-7-8-15)10-16(23)21-14-4-2-3-13(9-14)17(18,19)20/h2-4,9,11-12,15H,5-8,10H2,1H3,(H,21,23). The Hall–Kier alpha value is -1.56. The number of carbonyl (C=O) groups excluding carboxylic acids is 1. The molecule has 2 fully saturated rings. The molecule has 0 heterocycles. The van der Waals surface area contributed by atoms with Gasteiger partial charge in [-0.05, 0) is 56.7 Å². The van der Waals surface area contributed by atoms with E-state index in [2.05, 4.69) is 17.1 Å². The molecule has 1 atom stereocenters. The van der Waals surface area contributed by atoms with Gasteiger partial charge in [0.05, 0.1) is 12.1 Å². The predicted molar refractivity (Wildman–Crippen MR) is 82.0 cm³/mol. The quantitative estimate of drug-likeness (QED) is 0.860. The molecule has 0 spiro atoms. The first-order chi connectivity index (χ1) is 10.8. The summed E-state index contributed by atoms with van der Waals surface area (Å²) >= 11 is 0. The summed E-state index contributed by atoms with van der Waals surface area (Å²) in [5.41, 5.74) is -0.555. The fraction of sp³-hybridized carbons (Fsp3) is 0.588. The molecular formula is C17H21F3N2O. The van der Waals surface area contributed by atoms with E-state index in [1.54, 1.807) is 0 Å². The number of alkyl halides is 3. The zero-order valence-electron chi connectivity index (χ0n) is 13.1. The van der Waals surface area contributed by atoms with Crippen molar-refractivity contribution in [3.05, 3.63) is 29.8 Å². The van der Waals surface area contributed by atoms with E-state index in [1.165, 1.54) is 25.0 Å². The summed E-state index contributed by atoms with van der Waals surface area (Å²) in [7, 11) is 0. The molecule has 2 saturated carbocycles. The first kappa shape index (κ1) is 16.3. The van der Waals surface area contributed by atoms with Gasteiger partial charge in [0.25, 0.3) is 0 Å². The maximum atomic E-state index is 12.7. The van der Waals surface area contributed by atoms with E-state index >= 15 is 0 Å². The van der Waals surface area contributed by atoms with Crippen molar-refractivity contribution in [1.29, 1.82) is 0 Å². The highest BCUT2D eigenvalue weighted by molar-refractivity contribution is 5.92. The number of anilines is 1. The van der Waals surface area contributed by atoms with Crippen LogP contribution >= 0.6 is 0 Å². The molecule has 3 rings (SSSR count). The molecule has 0 aliphatic heterocycles. The molecule has 1 unspecified atom stereocenters. The summed E-state index contributed by atoms with van der Waals surface area (Å²) in [6.45, 7) is 2.39. The van der Waals surface area contributed by atoms with Gasteiger partial charge in [-0.1, -0.05) is 6.07 Å². The van der Waals surface area contributed by atoms with Gasteiger partial charge >= 0.3 is 6.18 Å². The SMILES string of the molecule is CC(C1CC1)N(CC(=O)Nc1cccc(C(F)(F)F)c1)C1CC1. The molecule has 3 nitrogen and oxygen atoms in total. The Balaban J connectivity index is 1.62. The summed E-state index contributed by atoms with van der Waals surface area (Å²) < 4.78 is 38.1. The lowest BCUT2D eigenvalue weighted by atomic mass is 10.1. The van der Waals surface area contributed by atoms with E-state index in [-0.39, 0.29) is 18.1 Å². The number of benzene rings is 1. The minimum Gasteiger partial charge on any atom is -0.325 e. The van der Waals surface area contributed by atoms with Gasteiger partial charge in [-0.3, -0.25) is 9.69 Å². The van der Waals surface area contributed by atoms with Crippen molar-refractivity contribution in [2.75, 3.05) is 11.9 Å². The van der Waals surface area contributed by atoms with Crippen LogP contribution in [0.4, 0.5) is 18.9 Å². The maximum Gasteiger partial charge on any atom is 0.416 e. The predicted octanol–water partition coefficient (Wildman–Crippen LogP) is 3.91. The Morgan fingerprint density at radius 2 is 2.00 bits per heavy atom. The minimum atomic E-state index is -4.40. The van der Waals surface area contributed by atoms with Crippen LogP contribution in [0.3, 0.4) is 0 Å². The maximum absolute atomic E-state index is 12.7. The van der Waals surface area contributed by atoms with Crippen LogP contribution in [0, 0.1) is 5.92 Å². The smallest absolute Gasteiger partial charge is 0.325 e. The van der Waals surface area contributed by atoms with Gasteiger partial charge in [0.2, 0.25) is 5.91 Å². The molecule has 0 aromatic heterocycles. The summed E-state index contributed by atoms with van der Waals surface area (Å²) in [5, 5.41) is 2.60. The molecular weight excluding hydrogens is 305 g/mol. The average molecular weight is 326 g/mol. The van der Waals surface area contributed by atoms with Gasteiger partial charge in [-0.15, -0.1) is 0 Å². The summed E-state index contributed by atoms with van der Waals surface area (Å²) in [5.74, 6) is 0.417. The second-order valence-corrected chi connectivity index (χ2v) is 6.61. The first-order valence-corrected chi connectivity index (χ1v) is 8.07. The van der Waals surface area contributed by atoms with E-state index in [0.29, 0.717) is 18.0 Å². The highest BCUT2D eigenvalue weighted by Gasteiger charge is 2.39. The van der Waals surface area contributed by atoms with Gasteiger partial charge in [0.1, 0.15) is 0 Å². The van der Waals surface area contributed by atoms with E-state index < -0.39 is 11.7 Å². The van der Waals surface area contributed by atoms with E-state index in [4.69, 9.17) is 0 Å². The van der Waals surface area contributed by atoms with Crippen LogP contribution in [-0.2, 0) is 11.0 Å². The van der Waals surface area contributed by atoms with Crippen molar-refractivity contribution < 1.29 is 18.0 Å². The lowest BCUT2D eigenvalue weighted by Gasteiger charge is -2.28. The van der Waals surface area contributed by atoms with Crippen LogP contribution in [0.25, 0.3) is 0 Å². The van der Waals surface area contributed by atoms with Crippen molar-refractivity contribution in [1.82, 2.24) is 4.90 Å². The highest BCUT2D eigenvalue weighted by atomic mass is 19.4. The van der Waals surface area contributed by atoms with E-state index in [0.717, 1.165) is 25.0 Å². The minimum absolute atomic E-state index is 0.194. The van der Waals surface area contributed by atoms with Crippen molar-refractivity contribution in [3.63, 3.8) is 0 Å². The zero-order valence-corrected chi connectivity index (χ0v) is 13.1. The zero-order chi connectivity index (χ0) is 16.6. The van der Waals surface area contributed by atoms with Crippen molar-refractivity contribution >= 4 is 11.6 Å². The topological polar surface area (TPSA) is 32.3 Å². The van der Waals surface area contributed by atoms with Crippen LogP contribution < -0.4 is 5.32 Å². The number of nitrogens with zero attached hydrogens (tertiary/aromatic N) is 1. The number of rotatable bonds is 6. The molecule has 1 aromatic rings. The molecule has 0 bridgehead atoms. The fourth-order valence-electron chi connectivity index (χ4n) is 3.00. The highest BCUT2D eigenvalue weighted by Crippen LogP contribution is 2.39. The van der Waals surface area contributed by atoms with Gasteiger partial charge < -0.3 is 5.32 Å². The van der Waals surface area contributed by atoms with Gasteiger partial charge in [0, 0.05) is 17.8 Å². The monoisotopic (exact) mass is 326 g/mol. The number of hydrogen-bond acceptors (Lipinski definition) is 2. The van der Waals surface area contributed by atoms with E-state index in [1.807, 2.05) is 0 Å². The second-order valence-electron chi connectivity index (χ2n) is 6.61. The third-order valence-electron chi connectivity index (χ3n) is 4.64. The molecule has 0 radical (unpaired) electrons. The Labute approximate surface area is 133 Å². The lowest BCUT2D eigenvalue weighted by Crippen LogP contribution is -2.42. The Morgan fingerprint density at radius 1 is 1.30 bits per heavy atom. The fourth-order valence-corrected chi connectivity index (χ4v) is 3.00. The average Bonchev–Trinajstić information content (AvgIpc) is 3.37. The molecule has 126 valence electrons. The number of halogens is 3. The molecule has 2 aliphatic rings. The second kappa shape index (κ2) is 6.15. The van der Waals surface area contributed by atoms with Crippen LogP contribution in [0.15, 0.2) is 24.3 Å². The number of hydrogen-bond donors (Lipinski definition) is 1. The molecule has 6 heteroatoms. The number of nitrogens with one attached hydrogen (secondary N) is 1. The van der Waals surface area contributed by atoms with Gasteiger partial charge in [0.15, 0.2) is 0 Å². The van der Waals surface area contributed by atoms with Crippen molar-refractivity contribution in [2.45, 2.75) is 50.9 Å². The van der Waals surface area contributed by atoms with E-state index in [9.17, 15) is 18.0 Å². The summed E-state index contributed by atoms with van der Waals surface area (Å²) in [4.78, 5) is 14.4. The van der Waals surface area contributed by atoms with Crippen LogP contribution in [0.2, 0.25) is 0 Å².